The molecule has 2 N–H and O–H groups in total. The van der Waals surface area contributed by atoms with Gasteiger partial charge in [-0.3, -0.25) is 0 Å². The van der Waals surface area contributed by atoms with Gasteiger partial charge >= 0.3 is 0 Å². The van der Waals surface area contributed by atoms with E-state index in [-0.39, 0.29) is 5.54 Å². The van der Waals surface area contributed by atoms with Crippen LogP contribution in [0.4, 0.5) is 0 Å². The summed E-state index contributed by atoms with van der Waals surface area (Å²) in [6.07, 6.45) is 6.43. The van der Waals surface area contributed by atoms with Crippen LogP contribution in [0.15, 0.2) is 0 Å². The molecule has 0 aliphatic heterocycles. The Morgan fingerprint density at radius 3 is 2.80 bits per heavy atom. The average Bonchev–Trinajstić information content (AvgIpc) is 1.94. The van der Waals surface area contributed by atoms with E-state index in [2.05, 4.69) is 29.5 Å². The zero-order chi connectivity index (χ0) is 7.61. The molecule has 0 radical (unpaired) electrons. The highest BCUT2D eigenvalue weighted by Crippen LogP contribution is 2.28. The van der Waals surface area contributed by atoms with Crippen molar-refractivity contribution in [3.63, 3.8) is 0 Å². The number of alkyl halides is 1. The highest BCUT2D eigenvalue weighted by Gasteiger charge is 2.22. The van der Waals surface area contributed by atoms with Crippen LogP contribution in [0.25, 0.3) is 0 Å². The van der Waals surface area contributed by atoms with Crippen molar-refractivity contribution in [1.82, 2.24) is 0 Å². The summed E-state index contributed by atoms with van der Waals surface area (Å²) in [5.74, 6) is 0. The molecule has 0 aromatic heterocycles. The molecule has 0 bridgehead atoms. The van der Waals surface area contributed by atoms with E-state index in [1.165, 1.54) is 32.1 Å². The van der Waals surface area contributed by atoms with E-state index in [4.69, 9.17) is 5.73 Å². The molecule has 1 fully saturated rings. The van der Waals surface area contributed by atoms with Crippen molar-refractivity contribution in [2.24, 2.45) is 5.73 Å². The van der Waals surface area contributed by atoms with Gasteiger partial charge in [0.1, 0.15) is 0 Å². The van der Waals surface area contributed by atoms with Crippen LogP contribution in [-0.4, -0.2) is 9.46 Å². The summed E-state index contributed by atoms with van der Waals surface area (Å²) in [7, 11) is 0. The molecule has 2 atom stereocenters. The minimum atomic E-state index is 0.139. The first-order valence-electron chi connectivity index (χ1n) is 4.03. The summed E-state index contributed by atoms with van der Waals surface area (Å²) >= 11 is 2.54. The van der Waals surface area contributed by atoms with Crippen LogP contribution in [0.5, 0.6) is 0 Å². The van der Waals surface area contributed by atoms with Gasteiger partial charge in [0.05, 0.1) is 0 Å². The summed E-state index contributed by atoms with van der Waals surface area (Å²) in [6.45, 7) is 2.18. The lowest BCUT2D eigenvalue weighted by molar-refractivity contribution is 0.410. The van der Waals surface area contributed by atoms with Crippen molar-refractivity contribution < 1.29 is 0 Å². The first-order valence-corrected chi connectivity index (χ1v) is 5.28. The van der Waals surface area contributed by atoms with Crippen molar-refractivity contribution >= 4 is 22.6 Å². The minimum Gasteiger partial charge on any atom is -0.325 e. The van der Waals surface area contributed by atoms with E-state index in [1.807, 2.05) is 0 Å². The van der Waals surface area contributed by atoms with E-state index >= 15 is 0 Å². The van der Waals surface area contributed by atoms with Crippen LogP contribution < -0.4 is 5.73 Å². The molecule has 60 valence electrons. The molecule has 1 aliphatic rings. The molecule has 0 saturated heterocycles. The highest BCUT2D eigenvalue weighted by molar-refractivity contribution is 14.1. The molecule has 0 amide bonds. The Balaban J connectivity index is 2.41. The molecule has 2 heteroatoms. The van der Waals surface area contributed by atoms with Crippen LogP contribution >= 0.6 is 22.6 Å². The third kappa shape index (κ3) is 2.74. The van der Waals surface area contributed by atoms with E-state index in [0.29, 0.717) is 0 Å². The fourth-order valence-corrected chi connectivity index (χ4v) is 2.23. The monoisotopic (exact) mass is 253 g/mol. The summed E-state index contributed by atoms with van der Waals surface area (Å²) < 4.78 is 0.878. The Morgan fingerprint density at radius 2 is 2.10 bits per heavy atom. The Kier molecular flexibility index (Phi) is 2.98. The van der Waals surface area contributed by atoms with Crippen molar-refractivity contribution in [1.29, 1.82) is 0 Å². The molecule has 1 saturated carbocycles. The first-order chi connectivity index (χ1) is 4.60. The summed E-state index contributed by atoms with van der Waals surface area (Å²) in [4.78, 5) is 0. The third-order valence-corrected chi connectivity index (χ3v) is 3.54. The molecule has 1 aliphatic carbocycles. The zero-order valence-corrected chi connectivity index (χ0v) is 8.73. The zero-order valence-electron chi connectivity index (χ0n) is 6.57. The molecule has 1 rings (SSSR count). The molecular formula is C8H16IN. The van der Waals surface area contributed by atoms with Crippen molar-refractivity contribution in [3.8, 4) is 0 Å². The second-order valence-corrected chi connectivity index (χ2v) is 5.44. The maximum Gasteiger partial charge on any atom is 0.0126 e. The minimum absolute atomic E-state index is 0.139. The lowest BCUT2D eigenvalue weighted by Crippen LogP contribution is -2.35. The van der Waals surface area contributed by atoms with Crippen LogP contribution in [0.1, 0.15) is 39.0 Å². The number of rotatable bonds is 0. The number of nitrogens with two attached hydrogens (primary N) is 1. The standard InChI is InChI=1S/C8H16IN/c1-8(10)5-2-3-7(9)4-6-8/h7H,2-6,10H2,1H3. The first kappa shape index (κ1) is 8.78. The average molecular weight is 253 g/mol. The smallest absolute Gasteiger partial charge is 0.0126 e. The topological polar surface area (TPSA) is 26.0 Å². The SMILES string of the molecule is CC1(N)CCCC(I)CC1. The predicted octanol–water partition coefficient (Wildman–Crippen LogP) is 2.47. The molecular weight excluding hydrogens is 237 g/mol. The molecule has 1 nitrogen and oxygen atoms in total. The van der Waals surface area contributed by atoms with E-state index in [1.54, 1.807) is 0 Å². The van der Waals surface area contributed by atoms with Crippen molar-refractivity contribution in [3.05, 3.63) is 0 Å². The van der Waals surface area contributed by atoms with Gasteiger partial charge in [0, 0.05) is 9.46 Å². The summed E-state index contributed by atoms with van der Waals surface area (Å²) in [5.41, 5.74) is 6.18. The van der Waals surface area contributed by atoms with E-state index in [0.717, 1.165) is 3.92 Å². The summed E-state index contributed by atoms with van der Waals surface area (Å²) in [6, 6.07) is 0. The van der Waals surface area contributed by atoms with Gasteiger partial charge in [-0.15, -0.1) is 0 Å². The third-order valence-electron chi connectivity index (χ3n) is 2.29. The van der Waals surface area contributed by atoms with Gasteiger partial charge in [-0.25, -0.2) is 0 Å². The molecule has 0 heterocycles. The second-order valence-electron chi connectivity index (χ2n) is 3.68. The van der Waals surface area contributed by atoms with E-state index < -0.39 is 0 Å². The predicted molar refractivity (Wildman–Crippen MR) is 53.5 cm³/mol. The Bertz CT molecular complexity index is 112. The van der Waals surface area contributed by atoms with Gasteiger partial charge in [0.15, 0.2) is 0 Å². The van der Waals surface area contributed by atoms with Crippen molar-refractivity contribution in [2.45, 2.75) is 48.5 Å². The normalized spacial score (nSPS) is 42.9. The molecule has 0 aromatic carbocycles. The Hall–Kier alpha value is 0.690. The summed E-state index contributed by atoms with van der Waals surface area (Å²) in [5, 5.41) is 0. The largest absolute Gasteiger partial charge is 0.325 e. The highest BCUT2D eigenvalue weighted by atomic mass is 127. The maximum atomic E-state index is 6.04. The number of halogens is 1. The van der Waals surface area contributed by atoms with Gasteiger partial charge in [-0.05, 0) is 32.6 Å². The van der Waals surface area contributed by atoms with Crippen LogP contribution in [-0.2, 0) is 0 Å². The number of hydrogen-bond acceptors (Lipinski definition) is 1. The fourth-order valence-electron chi connectivity index (χ4n) is 1.48. The number of hydrogen-bond donors (Lipinski definition) is 1. The van der Waals surface area contributed by atoms with Gasteiger partial charge in [-0.1, -0.05) is 29.0 Å². The fraction of sp³-hybridized carbons (Fsp3) is 1.00. The van der Waals surface area contributed by atoms with Gasteiger partial charge in [0.2, 0.25) is 0 Å². The van der Waals surface area contributed by atoms with E-state index in [9.17, 15) is 0 Å². The Labute approximate surface area is 76.9 Å². The maximum absolute atomic E-state index is 6.04. The van der Waals surface area contributed by atoms with Gasteiger partial charge in [-0.2, -0.15) is 0 Å². The lowest BCUT2D eigenvalue weighted by Gasteiger charge is -2.21. The molecule has 0 aromatic rings. The second kappa shape index (κ2) is 3.39. The van der Waals surface area contributed by atoms with Crippen molar-refractivity contribution in [2.75, 3.05) is 0 Å². The lowest BCUT2D eigenvalue weighted by atomic mass is 9.94. The quantitative estimate of drug-likeness (QED) is 0.400. The van der Waals surface area contributed by atoms with Gasteiger partial charge in [0.25, 0.3) is 0 Å². The van der Waals surface area contributed by atoms with Crippen LogP contribution in [0.3, 0.4) is 0 Å². The molecule has 0 spiro atoms. The molecule has 10 heavy (non-hydrogen) atoms. The molecule has 2 unspecified atom stereocenters. The van der Waals surface area contributed by atoms with Crippen LogP contribution in [0.2, 0.25) is 0 Å². The van der Waals surface area contributed by atoms with Crippen LogP contribution in [0, 0.1) is 0 Å². The Morgan fingerprint density at radius 1 is 1.40 bits per heavy atom. The van der Waals surface area contributed by atoms with Gasteiger partial charge < -0.3 is 5.73 Å².